The molecule has 0 spiro atoms. The molecule has 3 aromatic rings. The zero-order valence-corrected chi connectivity index (χ0v) is 13.2. The molecule has 1 fully saturated rings. The van der Waals surface area contributed by atoms with Crippen molar-refractivity contribution >= 4 is 29.0 Å². The van der Waals surface area contributed by atoms with E-state index in [-0.39, 0.29) is 11.9 Å². The van der Waals surface area contributed by atoms with E-state index in [1.165, 1.54) is 0 Å². The lowest BCUT2D eigenvalue weighted by atomic mass is 9.97. The Bertz CT molecular complexity index is 826. The third-order valence-electron chi connectivity index (χ3n) is 4.15. The van der Waals surface area contributed by atoms with Gasteiger partial charge in [0, 0.05) is 31.3 Å². The van der Waals surface area contributed by atoms with E-state index >= 15 is 0 Å². The largest absolute Gasteiger partial charge is 0.368 e. The van der Waals surface area contributed by atoms with E-state index in [0.717, 1.165) is 43.2 Å². The highest BCUT2D eigenvalue weighted by atomic mass is 35.5. The number of nitrogens with zero attached hydrogens (tertiary/aromatic N) is 6. The number of pyridine rings is 1. The molecular formula is C15H16ClN7. The van der Waals surface area contributed by atoms with Crippen LogP contribution in [-0.2, 0) is 0 Å². The molecule has 0 saturated carbocycles. The van der Waals surface area contributed by atoms with Crippen LogP contribution >= 0.6 is 11.6 Å². The van der Waals surface area contributed by atoms with Crippen LogP contribution in [0, 0.1) is 0 Å². The number of rotatable bonds is 2. The predicted molar refractivity (Wildman–Crippen MR) is 88.6 cm³/mol. The molecule has 7 nitrogen and oxygen atoms in total. The number of anilines is 2. The normalized spacial score (nSPS) is 18.5. The summed E-state index contributed by atoms with van der Waals surface area (Å²) in [5.41, 5.74) is 6.58. The lowest BCUT2D eigenvalue weighted by Gasteiger charge is -2.32. The Morgan fingerprint density at radius 2 is 2.13 bits per heavy atom. The lowest BCUT2D eigenvalue weighted by Crippen LogP contribution is -2.35. The maximum atomic E-state index is 6.00. The minimum absolute atomic E-state index is 0.197. The maximum absolute atomic E-state index is 6.00. The van der Waals surface area contributed by atoms with E-state index in [1.54, 1.807) is 6.07 Å². The number of piperidine rings is 1. The van der Waals surface area contributed by atoms with Crippen molar-refractivity contribution in [1.82, 2.24) is 24.6 Å². The molecule has 118 valence electrons. The molecule has 0 bridgehead atoms. The summed E-state index contributed by atoms with van der Waals surface area (Å²) in [6, 6.07) is 7.67. The Labute approximate surface area is 138 Å². The maximum Gasteiger partial charge on any atom is 0.223 e. The van der Waals surface area contributed by atoms with Gasteiger partial charge in [0.05, 0.1) is 0 Å². The minimum atomic E-state index is 0.197. The molecule has 1 atom stereocenters. The van der Waals surface area contributed by atoms with Gasteiger partial charge in [-0.05, 0) is 25.0 Å². The fraction of sp³-hybridized carbons (Fsp3) is 0.333. The van der Waals surface area contributed by atoms with Crippen molar-refractivity contribution in [2.24, 2.45) is 0 Å². The third-order valence-corrected chi connectivity index (χ3v) is 4.34. The predicted octanol–water partition coefficient (Wildman–Crippen LogP) is 2.14. The topological polar surface area (TPSA) is 85.2 Å². The molecule has 8 heteroatoms. The highest BCUT2D eigenvalue weighted by molar-refractivity contribution is 6.29. The molecule has 1 aliphatic heterocycles. The molecule has 0 aliphatic carbocycles. The average molecular weight is 330 g/mol. The average Bonchev–Trinajstić information content (AvgIpc) is 2.98. The van der Waals surface area contributed by atoms with Crippen molar-refractivity contribution < 1.29 is 0 Å². The summed E-state index contributed by atoms with van der Waals surface area (Å²) in [5, 5.41) is 9.00. The monoisotopic (exact) mass is 329 g/mol. The molecular weight excluding hydrogens is 314 g/mol. The highest BCUT2D eigenvalue weighted by Crippen LogP contribution is 2.29. The van der Waals surface area contributed by atoms with E-state index < -0.39 is 0 Å². The van der Waals surface area contributed by atoms with Crippen LogP contribution in [0.25, 0.3) is 5.65 Å². The van der Waals surface area contributed by atoms with Crippen molar-refractivity contribution in [3.63, 3.8) is 0 Å². The summed E-state index contributed by atoms with van der Waals surface area (Å²) >= 11 is 6.00. The number of aromatic nitrogens is 5. The van der Waals surface area contributed by atoms with Crippen LogP contribution in [0.15, 0.2) is 30.5 Å². The van der Waals surface area contributed by atoms with Gasteiger partial charge in [0.1, 0.15) is 16.8 Å². The van der Waals surface area contributed by atoms with Crippen LogP contribution in [0.3, 0.4) is 0 Å². The Kier molecular flexibility index (Phi) is 3.49. The number of nitrogen functional groups attached to an aromatic ring is 1. The van der Waals surface area contributed by atoms with Crippen molar-refractivity contribution in [1.29, 1.82) is 0 Å². The third kappa shape index (κ3) is 2.68. The second-order valence-corrected chi connectivity index (χ2v) is 6.07. The van der Waals surface area contributed by atoms with Crippen molar-refractivity contribution in [2.75, 3.05) is 23.7 Å². The van der Waals surface area contributed by atoms with Crippen molar-refractivity contribution in [2.45, 2.75) is 18.8 Å². The Balaban J connectivity index is 1.64. The van der Waals surface area contributed by atoms with E-state index in [2.05, 4.69) is 29.5 Å². The number of halogens is 1. The van der Waals surface area contributed by atoms with Crippen LogP contribution < -0.4 is 10.6 Å². The summed E-state index contributed by atoms with van der Waals surface area (Å²) < 4.78 is 2.05. The number of hydrogen-bond donors (Lipinski definition) is 1. The lowest BCUT2D eigenvalue weighted by molar-refractivity contribution is 0.486. The van der Waals surface area contributed by atoms with Gasteiger partial charge in [-0.25, -0.2) is 4.98 Å². The Hall–Kier alpha value is -2.41. The van der Waals surface area contributed by atoms with Crippen molar-refractivity contribution in [3.8, 4) is 0 Å². The molecule has 2 N–H and O–H groups in total. The first kappa shape index (κ1) is 14.2. The Morgan fingerprint density at radius 3 is 3.00 bits per heavy atom. The zero-order chi connectivity index (χ0) is 15.8. The van der Waals surface area contributed by atoms with Gasteiger partial charge in [0.15, 0.2) is 5.65 Å². The van der Waals surface area contributed by atoms with Gasteiger partial charge < -0.3 is 10.6 Å². The molecule has 4 heterocycles. The quantitative estimate of drug-likeness (QED) is 0.725. The van der Waals surface area contributed by atoms with Crippen molar-refractivity contribution in [3.05, 3.63) is 41.4 Å². The van der Waals surface area contributed by atoms with Gasteiger partial charge in [-0.15, -0.1) is 10.2 Å². The van der Waals surface area contributed by atoms with Crippen LogP contribution in [0.5, 0.6) is 0 Å². The van der Waals surface area contributed by atoms with E-state index in [0.29, 0.717) is 5.15 Å². The molecule has 3 aromatic heterocycles. The first-order valence-corrected chi connectivity index (χ1v) is 7.93. The molecule has 0 radical (unpaired) electrons. The second-order valence-electron chi connectivity index (χ2n) is 5.68. The first-order valence-electron chi connectivity index (χ1n) is 7.55. The van der Waals surface area contributed by atoms with E-state index in [1.807, 2.05) is 24.4 Å². The molecule has 1 saturated heterocycles. The Morgan fingerprint density at radius 1 is 1.22 bits per heavy atom. The van der Waals surface area contributed by atoms with Crippen LogP contribution in [0.2, 0.25) is 5.15 Å². The first-order chi connectivity index (χ1) is 11.2. The summed E-state index contributed by atoms with van der Waals surface area (Å²) in [5.74, 6) is 2.23. The number of fused-ring (bicyclic) bond motifs is 1. The summed E-state index contributed by atoms with van der Waals surface area (Å²) in [4.78, 5) is 10.4. The number of nitrogens with two attached hydrogens (primary N) is 1. The molecule has 0 unspecified atom stereocenters. The minimum Gasteiger partial charge on any atom is -0.368 e. The van der Waals surface area contributed by atoms with Crippen LogP contribution in [0.1, 0.15) is 24.6 Å². The van der Waals surface area contributed by atoms with Gasteiger partial charge >= 0.3 is 0 Å². The molecule has 1 aliphatic rings. The summed E-state index contributed by atoms with van der Waals surface area (Å²) in [7, 11) is 0. The van der Waals surface area contributed by atoms with Gasteiger partial charge in [-0.1, -0.05) is 17.7 Å². The fourth-order valence-electron chi connectivity index (χ4n) is 3.12. The highest BCUT2D eigenvalue weighted by Gasteiger charge is 2.26. The van der Waals surface area contributed by atoms with Crippen LogP contribution in [0.4, 0.5) is 11.8 Å². The second kappa shape index (κ2) is 5.66. The standard InChI is InChI=1S/C15H16ClN7/c16-11-8-13(19-15(17)18-11)22-6-3-4-10(9-22)14-21-20-12-5-1-2-7-23(12)14/h1-2,5,7-8,10H,3-4,6,9H2,(H2,17,18,19)/t10-/m1/s1. The van der Waals surface area contributed by atoms with Gasteiger partial charge in [0.2, 0.25) is 5.95 Å². The number of hydrogen-bond acceptors (Lipinski definition) is 6. The van der Waals surface area contributed by atoms with Gasteiger partial charge in [0.25, 0.3) is 0 Å². The zero-order valence-electron chi connectivity index (χ0n) is 12.4. The molecule has 0 amide bonds. The van der Waals surface area contributed by atoms with Gasteiger partial charge in [-0.2, -0.15) is 4.98 Å². The van der Waals surface area contributed by atoms with E-state index in [4.69, 9.17) is 17.3 Å². The SMILES string of the molecule is Nc1nc(Cl)cc(N2CCC[C@@H](c3nnc4ccccn34)C2)n1. The smallest absolute Gasteiger partial charge is 0.223 e. The fourth-order valence-corrected chi connectivity index (χ4v) is 3.30. The van der Waals surface area contributed by atoms with E-state index in [9.17, 15) is 0 Å². The summed E-state index contributed by atoms with van der Waals surface area (Å²) in [6.45, 7) is 1.72. The molecule has 4 rings (SSSR count). The van der Waals surface area contributed by atoms with Gasteiger partial charge in [-0.3, -0.25) is 4.40 Å². The summed E-state index contributed by atoms with van der Waals surface area (Å²) in [6.07, 6.45) is 4.12. The molecule has 23 heavy (non-hydrogen) atoms. The molecule has 0 aromatic carbocycles. The van der Waals surface area contributed by atoms with Crippen LogP contribution in [-0.4, -0.2) is 37.7 Å².